The SMILES string of the molecule is C=COC(=O)C(O)CC(C)(C)C. The van der Waals surface area contributed by atoms with E-state index in [9.17, 15) is 9.90 Å². The average Bonchev–Trinajstić information content (AvgIpc) is 1.84. The lowest BCUT2D eigenvalue weighted by Crippen LogP contribution is -2.26. The average molecular weight is 172 g/mol. The highest BCUT2D eigenvalue weighted by atomic mass is 16.5. The molecule has 0 aliphatic carbocycles. The van der Waals surface area contributed by atoms with E-state index in [0.717, 1.165) is 6.26 Å². The quantitative estimate of drug-likeness (QED) is 0.518. The Balaban J connectivity index is 3.95. The fourth-order valence-corrected chi connectivity index (χ4v) is 0.824. The molecule has 70 valence electrons. The summed E-state index contributed by atoms with van der Waals surface area (Å²) < 4.78 is 4.42. The molecule has 1 unspecified atom stereocenters. The first-order chi connectivity index (χ1) is 5.37. The molecule has 0 aromatic rings. The minimum atomic E-state index is -1.05. The summed E-state index contributed by atoms with van der Waals surface area (Å²) in [4.78, 5) is 10.9. The smallest absolute Gasteiger partial charge is 0.339 e. The van der Waals surface area contributed by atoms with Gasteiger partial charge in [-0.3, -0.25) is 0 Å². The van der Waals surface area contributed by atoms with Crippen LogP contribution in [-0.4, -0.2) is 17.2 Å². The van der Waals surface area contributed by atoms with Gasteiger partial charge in [-0.25, -0.2) is 4.79 Å². The molecule has 0 amide bonds. The number of carbonyl (C=O) groups is 1. The summed E-state index contributed by atoms with van der Waals surface area (Å²) in [6.07, 6.45) is 0.358. The number of hydrogen-bond donors (Lipinski definition) is 1. The first-order valence-corrected chi connectivity index (χ1v) is 3.86. The number of ether oxygens (including phenoxy) is 1. The van der Waals surface area contributed by atoms with Crippen molar-refractivity contribution in [3.8, 4) is 0 Å². The van der Waals surface area contributed by atoms with E-state index in [4.69, 9.17) is 0 Å². The van der Waals surface area contributed by atoms with Crippen LogP contribution in [0, 0.1) is 5.41 Å². The van der Waals surface area contributed by atoms with Gasteiger partial charge in [0.1, 0.15) is 0 Å². The van der Waals surface area contributed by atoms with Gasteiger partial charge in [-0.1, -0.05) is 27.4 Å². The highest BCUT2D eigenvalue weighted by Gasteiger charge is 2.23. The van der Waals surface area contributed by atoms with Gasteiger partial charge in [0.05, 0.1) is 6.26 Å². The molecule has 0 bridgehead atoms. The molecule has 3 heteroatoms. The standard InChI is InChI=1S/C9H16O3/c1-5-12-8(11)7(10)6-9(2,3)4/h5,7,10H,1,6H2,2-4H3. The van der Waals surface area contributed by atoms with Gasteiger partial charge in [-0.05, 0) is 11.8 Å². The first kappa shape index (κ1) is 11.2. The van der Waals surface area contributed by atoms with Gasteiger partial charge in [-0.2, -0.15) is 0 Å². The van der Waals surface area contributed by atoms with Crippen molar-refractivity contribution in [2.75, 3.05) is 0 Å². The van der Waals surface area contributed by atoms with Crippen molar-refractivity contribution in [1.29, 1.82) is 0 Å². The molecule has 0 spiro atoms. The van der Waals surface area contributed by atoms with Crippen molar-refractivity contribution in [3.05, 3.63) is 12.8 Å². The molecule has 0 saturated heterocycles. The lowest BCUT2D eigenvalue weighted by molar-refractivity contribution is -0.149. The predicted octanol–water partition coefficient (Wildman–Crippen LogP) is 1.47. The highest BCUT2D eigenvalue weighted by molar-refractivity contribution is 5.74. The number of carbonyl (C=O) groups excluding carboxylic acids is 1. The summed E-state index contributed by atoms with van der Waals surface area (Å²) in [5.41, 5.74) is -0.0837. The van der Waals surface area contributed by atoms with Gasteiger partial charge in [-0.15, -0.1) is 0 Å². The second kappa shape index (κ2) is 4.26. The maximum Gasteiger partial charge on any atom is 0.339 e. The molecule has 0 fully saturated rings. The Morgan fingerprint density at radius 3 is 2.50 bits per heavy atom. The van der Waals surface area contributed by atoms with Gasteiger partial charge < -0.3 is 9.84 Å². The molecule has 0 heterocycles. The molecule has 0 aromatic heterocycles. The van der Waals surface area contributed by atoms with Gasteiger partial charge in [0.2, 0.25) is 0 Å². The zero-order valence-corrected chi connectivity index (χ0v) is 7.83. The number of rotatable bonds is 3. The van der Waals surface area contributed by atoms with Crippen molar-refractivity contribution in [2.24, 2.45) is 5.41 Å². The van der Waals surface area contributed by atoms with Crippen molar-refractivity contribution < 1.29 is 14.6 Å². The van der Waals surface area contributed by atoms with Crippen LogP contribution in [0.4, 0.5) is 0 Å². The van der Waals surface area contributed by atoms with Crippen molar-refractivity contribution in [2.45, 2.75) is 33.3 Å². The molecule has 12 heavy (non-hydrogen) atoms. The topological polar surface area (TPSA) is 46.5 Å². The predicted molar refractivity (Wildman–Crippen MR) is 46.4 cm³/mol. The van der Waals surface area contributed by atoms with Gasteiger partial charge in [0, 0.05) is 0 Å². The minimum absolute atomic E-state index is 0.0837. The summed E-state index contributed by atoms with van der Waals surface area (Å²) in [6, 6.07) is 0. The maximum atomic E-state index is 10.9. The first-order valence-electron chi connectivity index (χ1n) is 3.86. The van der Waals surface area contributed by atoms with E-state index in [1.54, 1.807) is 0 Å². The number of esters is 1. The van der Waals surface area contributed by atoms with Crippen LogP contribution in [0.5, 0.6) is 0 Å². The van der Waals surface area contributed by atoms with E-state index in [2.05, 4.69) is 11.3 Å². The lowest BCUT2D eigenvalue weighted by Gasteiger charge is -2.20. The Morgan fingerprint density at radius 1 is 1.67 bits per heavy atom. The summed E-state index contributed by atoms with van der Waals surface area (Å²) in [5, 5.41) is 9.26. The Hall–Kier alpha value is -0.830. The highest BCUT2D eigenvalue weighted by Crippen LogP contribution is 2.21. The minimum Gasteiger partial charge on any atom is -0.433 e. The maximum absolute atomic E-state index is 10.9. The third kappa shape index (κ3) is 4.91. The molecular formula is C9H16O3. The normalized spacial score (nSPS) is 13.7. The Labute approximate surface area is 73.0 Å². The lowest BCUT2D eigenvalue weighted by atomic mass is 9.89. The zero-order chi connectivity index (χ0) is 9.78. The van der Waals surface area contributed by atoms with Crippen molar-refractivity contribution >= 4 is 5.97 Å². The number of hydrogen-bond acceptors (Lipinski definition) is 3. The van der Waals surface area contributed by atoms with Crippen LogP contribution in [0.25, 0.3) is 0 Å². The molecule has 0 radical (unpaired) electrons. The molecular weight excluding hydrogens is 156 g/mol. The fraction of sp³-hybridized carbons (Fsp3) is 0.667. The molecule has 0 aliphatic rings. The monoisotopic (exact) mass is 172 g/mol. The molecule has 1 N–H and O–H groups in total. The molecule has 0 saturated carbocycles. The molecule has 0 aliphatic heterocycles. The third-order valence-electron chi connectivity index (χ3n) is 1.28. The van der Waals surface area contributed by atoms with Crippen molar-refractivity contribution in [3.63, 3.8) is 0 Å². The fourth-order valence-electron chi connectivity index (χ4n) is 0.824. The van der Waals surface area contributed by atoms with Gasteiger partial charge >= 0.3 is 5.97 Å². The Kier molecular flexibility index (Phi) is 3.96. The van der Waals surface area contributed by atoms with Crippen LogP contribution in [0.1, 0.15) is 27.2 Å². The van der Waals surface area contributed by atoms with Gasteiger partial charge in [0.15, 0.2) is 6.10 Å². The van der Waals surface area contributed by atoms with E-state index in [0.29, 0.717) is 6.42 Å². The van der Waals surface area contributed by atoms with Crippen LogP contribution in [0.3, 0.4) is 0 Å². The second-order valence-corrected chi connectivity index (χ2v) is 3.88. The molecule has 3 nitrogen and oxygen atoms in total. The van der Waals surface area contributed by atoms with E-state index < -0.39 is 12.1 Å². The summed E-state index contributed by atoms with van der Waals surface area (Å²) in [5.74, 6) is -0.639. The third-order valence-corrected chi connectivity index (χ3v) is 1.28. The van der Waals surface area contributed by atoms with Crippen LogP contribution in [0.15, 0.2) is 12.8 Å². The summed E-state index contributed by atoms with van der Waals surface area (Å²) >= 11 is 0. The zero-order valence-electron chi connectivity index (χ0n) is 7.83. The van der Waals surface area contributed by atoms with Crippen LogP contribution in [0.2, 0.25) is 0 Å². The molecule has 0 aromatic carbocycles. The largest absolute Gasteiger partial charge is 0.433 e. The Bertz CT molecular complexity index is 167. The molecule has 0 rings (SSSR count). The van der Waals surface area contributed by atoms with Gasteiger partial charge in [0.25, 0.3) is 0 Å². The van der Waals surface area contributed by atoms with E-state index in [-0.39, 0.29) is 5.41 Å². The van der Waals surface area contributed by atoms with Crippen LogP contribution < -0.4 is 0 Å². The second-order valence-electron chi connectivity index (χ2n) is 3.88. The van der Waals surface area contributed by atoms with E-state index >= 15 is 0 Å². The van der Waals surface area contributed by atoms with Crippen LogP contribution in [-0.2, 0) is 9.53 Å². The molecule has 1 atom stereocenters. The summed E-state index contributed by atoms with van der Waals surface area (Å²) in [7, 11) is 0. The Morgan fingerprint density at radius 2 is 2.17 bits per heavy atom. The number of aliphatic hydroxyl groups excluding tert-OH is 1. The number of aliphatic hydroxyl groups is 1. The van der Waals surface area contributed by atoms with E-state index in [1.165, 1.54) is 0 Å². The van der Waals surface area contributed by atoms with Crippen LogP contribution >= 0.6 is 0 Å². The van der Waals surface area contributed by atoms with Crippen molar-refractivity contribution in [1.82, 2.24) is 0 Å². The van der Waals surface area contributed by atoms with E-state index in [1.807, 2.05) is 20.8 Å². The summed E-state index contributed by atoms with van der Waals surface area (Å²) in [6.45, 7) is 9.05.